The number of aromatic nitrogens is 3. The quantitative estimate of drug-likeness (QED) is 0.563. The summed E-state index contributed by atoms with van der Waals surface area (Å²) in [5.41, 5.74) is 1.09. The average molecular weight is 494 g/mol. The van der Waals surface area contributed by atoms with Crippen molar-refractivity contribution in [1.82, 2.24) is 19.1 Å². The van der Waals surface area contributed by atoms with Gasteiger partial charge in [-0.05, 0) is 44.4 Å². The standard InChI is InChI=1S/C22H31N5O4S2/c1-14(2)20-24-25-22(27(20)18-7-8-18)32-16(4)21(28)23-17-6-5-15(3)19(13-17)33(29,30)26-9-11-31-12-10-26/h5-6,13-14,16,18H,7-12H2,1-4H3,(H,23,28)/t16-/m1/s1. The van der Waals surface area contributed by atoms with Crippen molar-refractivity contribution in [3.8, 4) is 0 Å². The van der Waals surface area contributed by atoms with Crippen LogP contribution < -0.4 is 5.32 Å². The summed E-state index contributed by atoms with van der Waals surface area (Å²) < 4.78 is 35.1. The molecule has 1 N–H and O–H groups in total. The first kappa shape index (κ1) is 24.2. The lowest BCUT2D eigenvalue weighted by Gasteiger charge is -2.27. The Balaban J connectivity index is 1.48. The number of rotatable bonds is 8. The molecule has 9 nitrogen and oxygen atoms in total. The van der Waals surface area contributed by atoms with Crippen molar-refractivity contribution in [1.29, 1.82) is 0 Å². The van der Waals surface area contributed by atoms with Gasteiger partial charge in [-0.2, -0.15) is 4.31 Å². The lowest BCUT2D eigenvalue weighted by molar-refractivity contribution is -0.115. The second-order valence-electron chi connectivity index (χ2n) is 8.84. The number of ether oxygens (including phenoxy) is 1. The van der Waals surface area contributed by atoms with Gasteiger partial charge in [0, 0.05) is 30.7 Å². The highest BCUT2D eigenvalue weighted by atomic mass is 32.2. The number of morpholine rings is 1. The summed E-state index contributed by atoms with van der Waals surface area (Å²) in [5, 5.41) is 11.9. The van der Waals surface area contributed by atoms with Crippen LogP contribution in [0.15, 0.2) is 28.3 Å². The van der Waals surface area contributed by atoms with Crippen LogP contribution in [-0.4, -0.2) is 64.9 Å². The maximum Gasteiger partial charge on any atom is 0.243 e. The van der Waals surface area contributed by atoms with Gasteiger partial charge in [0.1, 0.15) is 5.82 Å². The molecule has 0 unspecified atom stereocenters. The van der Waals surface area contributed by atoms with Crippen LogP contribution in [0.25, 0.3) is 0 Å². The summed E-state index contributed by atoms with van der Waals surface area (Å²) in [5.74, 6) is 0.995. The van der Waals surface area contributed by atoms with E-state index >= 15 is 0 Å². The molecule has 0 bridgehead atoms. The van der Waals surface area contributed by atoms with Gasteiger partial charge in [0.05, 0.1) is 23.4 Å². The van der Waals surface area contributed by atoms with Crippen molar-refractivity contribution in [2.45, 2.75) is 67.8 Å². The molecule has 180 valence electrons. The number of amides is 1. The first-order valence-corrected chi connectivity index (χ1v) is 13.6. The molecular formula is C22H31N5O4S2. The van der Waals surface area contributed by atoms with E-state index in [2.05, 4.69) is 33.9 Å². The number of benzene rings is 1. The smallest absolute Gasteiger partial charge is 0.243 e. The van der Waals surface area contributed by atoms with Crippen molar-refractivity contribution in [3.63, 3.8) is 0 Å². The number of hydrogen-bond donors (Lipinski definition) is 1. The minimum absolute atomic E-state index is 0.206. The topological polar surface area (TPSA) is 106 Å². The molecule has 2 heterocycles. The molecule has 4 rings (SSSR count). The van der Waals surface area contributed by atoms with E-state index in [4.69, 9.17) is 4.74 Å². The molecule has 1 amide bonds. The maximum atomic E-state index is 13.1. The molecule has 1 aromatic heterocycles. The molecule has 2 aliphatic rings. The number of carbonyl (C=O) groups is 1. The number of nitrogens with one attached hydrogen (secondary N) is 1. The number of nitrogens with zero attached hydrogens (tertiary/aromatic N) is 4. The maximum absolute atomic E-state index is 13.1. The molecule has 33 heavy (non-hydrogen) atoms. The van der Waals surface area contributed by atoms with Crippen LogP contribution in [0, 0.1) is 6.92 Å². The van der Waals surface area contributed by atoms with Crippen LogP contribution in [0.4, 0.5) is 5.69 Å². The number of thioether (sulfide) groups is 1. The van der Waals surface area contributed by atoms with Gasteiger partial charge in [-0.1, -0.05) is 31.7 Å². The van der Waals surface area contributed by atoms with Crippen LogP contribution >= 0.6 is 11.8 Å². The van der Waals surface area contributed by atoms with Crippen LogP contribution in [0.2, 0.25) is 0 Å². The predicted octanol–water partition coefficient (Wildman–Crippen LogP) is 3.19. The monoisotopic (exact) mass is 493 g/mol. The van der Waals surface area contributed by atoms with E-state index in [1.807, 2.05) is 6.92 Å². The van der Waals surface area contributed by atoms with E-state index in [0.717, 1.165) is 23.8 Å². The second kappa shape index (κ2) is 9.73. The molecule has 0 spiro atoms. The van der Waals surface area contributed by atoms with E-state index in [-0.39, 0.29) is 16.7 Å². The van der Waals surface area contributed by atoms with E-state index in [1.165, 1.54) is 16.1 Å². The highest BCUT2D eigenvalue weighted by Crippen LogP contribution is 2.40. The van der Waals surface area contributed by atoms with E-state index in [0.29, 0.717) is 43.6 Å². The molecule has 1 aliphatic heterocycles. The SMILES string of the molecule is Cc1ccc(NC(=O)[C@@H](C)Sc2nnc(C(C)C)n2C2CC2)cc1S(=O)(=O)N1CCOCC1. The zero-order valence-electron chi connectivity index (χ0n) is 19.4. The molecule has 2 aromatic rings. The second-order valence-corrected chi connectivity index (χ2v) is 12.1. The molecule has 11 heteroatoms. The van der Waals surface area contributed by atoms with Gasteiger partial charge in [-0.15, -0.1) is 10.2 Å². The van der Waals surface area contributed by atoms with Crippen molar-refractivity contribution in [2.24, 2.45) is 0 Å². The van der Waals surface area contributed by atoms with Crippen LogP contribution in [0.5, 0.6) is 0 Å². The summed E-state index contributed by atoms with van der Waals surface area (Å²) in [7, 11) is -3.66. The number of carbonyl (C=O) groups excluding carboxylic acids is 1. The molecular weight excluding hydrogens is 462 g/mol. The molecule has 0 radical (unpaired) electrons. The molecule has 1 saturated carbocycles. The van der Waals surface area contributed by atoms with Gasteiger partial charge in [0.25, 0.3) is 0 Å². The largest absolute Gasteiger partial charge is 0.379 e. The van der Waals surface area contributed by atoms with Crippen molar-refractivity contribution in [3.05, 3.63) is 29.6 Å². The summed E-state index contributed by atoms with van der Waals surface area (Å²) in [6.07, 6.45) is 2.21. The molecule has 1 saturated heterocycles. The van der Waals surface area contributed by atoms with Crippen molar-refractivity contribution < 1.29 is 17.9 Å². The Morgan fingerprint density at radius 1 is 1.18 bits per heavy atom. The number of aryl methyl sites for hydroxylation is 1. The average Bonchev–Trinajstić information content (AvgIpc) is 3.54. The Kier molecular flexibility index (Phi) is 7.13. The van der Waals surface area contributed by atoms with Crippen LogP contribution in [-0.2, 0) is 19.6 Å². The van der Waals surface area contributed by atoms with Gasteiger partial charge >= 0.3 is 0 Å². The number of hydrogen-bond acceptors (Lipinski definition) is 7. The summed E-state index contributed by atoms with van der Waals surface area (Å²) in [4.78, 5) is 13.1. The van der Waals surface area contributed by atoms with Crippen LogP contribution in [0.1, 0.15) is 57.0 Å². The highest BCUT2D eigenvalue weighted by Gasteiger charge is 2.32. The van der Waals surface area contributed by atoms with E-state index in [9.17, 15) is 13.2 Å². The minimum atomic E-state index is -3.66. The minimum Gasteiger partial charge on any atom is -0.379 e. The molecule has 2 fully saturated rings. The summed E-state index contributed by atoms with van der Waals surface area (Å²) >= 11 is 1.38. The number of sulfonamides is 1. The van der Waals surface area contributed by atoms with E-state index < -0.39 is 15.3 Å². The first-order valence-electron chi connectivity index (χ1n) is 11.3. The third-order valence-electron chi connectivity index (χ3n) is 5.81. The zero-order chi connectivity index (χ0) is 23.8. The van der Waals surface area contributed by atoms with Gasteiger partial charge in [0.2, 0.25) is 15.9 Å². The van der Waals surface area contributed by atoms with Gasteiger partial charge in [-0.25, -0.2) is 8.42 Å². The Hall–Kier alpha value is -1.95. The Morgan fingerprint density at radius 2 is 1.88 bits per heavy atom. The Labute approximate surface area is 199 Å². The van der Waals surface area contributed by atoms with E-state index in [1.54, 1.807) is 25.1 Å². The van der Waals surface area contributed by atoms with Gasteiger partial charge in [0.15, 0.2) is 5.16 Å². The predicted molar refractivity (Wildman–Crippen MR) is 127 cm³/mol. The first-order chi connectivity index (χ1) is 15.7. The van der Waals surface area contributed by atoms with Crippen molar-refractivity contribution >= 4 is 33.4 Å². The summed E-state index contributed by atoms with van der Waals surface area (Å²) in [6.45, 7) is 9.18. The van der Waals surface area contributed by atoms with Gasteiger partial charge in [-0.3, -0.25) is 4.79 Å². The fourth-order valence-electron chi connectivity index (χ4n) is 3.78. The van der Waals surface area contributed by atoms with Crippen molar-refractivity contribution in [2.75, 3.05) is 31.6 Å². The van der Waals surface area contributed by atoms with Crippen LogP contribution in [0.3, 0.4) is 0 Å². The third kappa shape index (κ3) is 5.26. The fraction of sp³-hybridized carbons (Fsp3) is 0.591. The summed E-state index contributed by atoms with van der Waals surface area (Å²) in [6, 6.07) is 5.41. The lowest BCUT2D eigenvalue weighted by atomic mass is 10.2. The lowest BCUT2D eigenvalue weighted by Crippen LogP contribution is -2.40. The highest BCUT2D eigenvalue weighted by molar-refractivity contribution is 8.00. The zero-order valence-corrected chi connectivity index (χ0v) is 21.1. The molecule has 1 aliphatic carbocycles. The molecule has 1 aromatic carbocycles. The normalized spacial score (nSPS) is 18.5. The molecule has 1 atom stereocenters. The third-order valence-corrected chi connectivity index (χ3v) is 8.91. The van der Waals surface area contributed by atoms with Gasteiger partial charge < -0.3 is 14.6 Å². The fourth-order valence-corrected chi connectivity index (χ4v) is 6.36. The number of anilines is 1. The Bertz CT molecular complexity index is 1120. The Morgan fingerprint density at radius 3 is 2.52 bits per heavy atom.